The molecule has 0 aliphatic carbocycles. The SMILES string of the molecule is c1ccc(P(c2ccccc2)c2cc([Si](c3ccccc3)(c3ccccc3)c3ccccc3)ccc2Oc2ccc([Si](c3ccccc3)(c3ccccc3)c3ccccc3)cc2P(c2ccccc2)c2ccccc2)cc1. The molecule has 0 heterocycles. The fraction of sp³-hybridized carbons (Fsp3) is 0. The average molecular weight is 1060 g/mol. The lowest BCUT2D eigenvalue weighted by atomic mass is 10.3. The first kappa shape index (κ1) is 49.6. The van der Waals surface area contributed by atoms with Gasteiger partial charge in [-0.1, -0.05) is 315 Å². The van der Waals surface area contributed by atoms with E-state index in [2.05, 4.69) is 340 Å². The zero-order valence-corrected chi connectivity index (χ0v) is 46.4. The van der Waals surface area contributed by atoms with Crippen LogP contribution in [0.1, 0.15) is 0 Å². The van der Waals surface area contributed by atoms with Gasteiger partial charge in [-0.2, -0.15) is 0 Å². The maximum atomic E-state index is 7.92. The highest BCUT2D eigenvalue weighted by Gasteiger charge is 2.44. The number of benzene rings is 12. The van der Waals surface area contributed by atoms with Gasteiger partial charge < -0.3 is 4.74 Å². The summed E-state index contributed by atoms with van der Waals surface area (Å²) in [5.41, 5.74) is 0. The number of hydrogen-bond acceptors (Lipinski definition) is 1. The molecule has 12 rings (SSSR count). The van der Waals surface area contributed by atoms with E-state index in [9.17, 15) is 0 Å². The van der Waals surface area contributed by atoms with E-state index in [1.807, 2.05) is 0 Å². The molecule has 0 N–H and O–H groups in total. The highest BCUT2D eigenvalue weighted by Crippen LogP contribution is 2.41. The maximum Gasteiger partial charge on any atom is 0.179 e. The average Bonchev–Trinajstić information content (AvgIpc) is 3.52. The molecule has 0 unspecified atom stereocenters. The molecule has 12 aromatic rings. The molecular weight excluding hydrogens is 999 g/mol. The number of ether oxygens (including phenoxy) is 1. The molecule has 0 spiro atoms. The van der Waals surface area contributed by atoms with E-state index in [1.165, 1.54) is 73.3 Å². The van der Waals surface area contributed by atoms with Crippen LogP contribution in [0.3, 0.4) is 0 Å². The lowest BCUT2D eigenvalue weighted by Crippen LogP contribution is -2.75. The van der Waals surface area contributed by atoms with Gasteiger partial charge in [-0.05, 0) is 103 Å². The summed E-state index contributed by atoms with van der Waals surface area (Å²) in [5, 5.41) is 18.0. The van der Waals surface area contributed by atoms with Crippen molar-refractivity contribution in [2.75, 3.05) is 0 Å². The van der Waals surface area contributed by atoms with Crippen LogP contribution in [0, 0.1) is 0 Å². The molecule has 0 fully saturated rings. The molecule has 12 aromatic carbocycles. The summed E-state index contributed by atoms with van der Waals surface area (Å²) in [6, 6.07) is 126. The Morgan fingerprint density at radius 1 is 0.195 bits per heavy atom. The Hall–Kier alpha value is -8.27. The standard InChI is InChI=1S/C72H56OP2Si2/c1-11-31-57(32-12-1)74(58-33-13-2-14-34-58)71-55-67(76(61-39-19-5-20-40-61,62-41-21-6-22-42-62)63-43-23-7-24-44-63)51-53-69(71)73-70-54-52-68(56-72(70)75(59-35-15-3-16-36-59)60-37-17-4-18-38-60)77(64-45-25-8-26-46-64,65-47-27-9-28-48-65)66-49-29-10-30-50-66/h1-56H. The van der Waals surface area contributed by atoms with E-state index < -0.39 is 32.0 Å². The van der Waals surface area contributed by atoms with Crippen molar-refractivity contribution in [2.45, 2.75) is 0 Å². The summed E-state index contributed by atoms with van der Waals surface area (Å²) in [7, 11) is -8.25. The van der Waals surface area contributed by atoms with Gasteiger partial charge in [0.05, 0.1) is 0 Å². The minimum atomic E-state index is -2.97. The Morgan fingerprint density at radius 3 is 0.597 bits per heavy atom. The van der Waals surface area contributed by atoms with Gasteiger partial charge in [0.15, 0.2) is 16.1 Å². The first-order valence-corrected chi connectivity index (χ1v) is 33.0. The van der Waals surface area contributed by atoms with Crippen molar-refractivity contribution in [3.05, 3.63) is 340 Å². The van der Waals surface area contributed by atoms with Gasteiger partial charge >= 0.3 is 0 Å². The predicted molar refractivity (Wildman–Crippen MR) is 338 cm³/mol. The largest absolute Gasteiger partial charge is 0.456 e. The molecule has 0 aliphatic heterocycles. The van der Waals surface area contributed by atoms with Crippen molar-refractivity contribution in [1.82, 2.24) is 0 Å². The number of rotatable bonds is 16. The van der Waals surface area contributed by atoms with E-state index in [0.29, 0.717) is 0 Å². The van der Waals surface area contributed by atoms with E-state index in [1.54, 1.807) is 0 Å². The van der Waals surface area contributed by atoms with Crippen molar-refractivity contribution in [3.8, 4) is 11.5 Å². The van der Waals surface area contributed by atoms with Gasteiger partial charge in [0.2, 0.25) is 0 Å². The highest BCUT2D eigenvalue weighted by molar-refractivity contribution is 7.80. The molecule has 0 saturated heterocycles. The first-order chi connectivity index (χ1) is 38.2. The summed E-state index contributed by atoms with van der Waals surface area (Å²) in [6.07, 6.45) is 0. The van der Waals surface area contributed by atoms with Crippen LogP contribution in [0.15, 0.2) is 340 Å². The third-order valence-corrected chi connectivity index (χ3v) is 29.3. The Bertz CT molecular complexity index is 3280. The summed E-state index contributed by atoms with van der Waals surface area (Å²) < 4.78 is 7.92. The molecule has 0 aromatic heterocycles. The van der Waals surface area contributed by atoms with Crippen LogP contribution in [0.25, 0.3) is 0 Å². The highest BCUT2D eigenvalue weighted by atomic mass is 31.1. The molecule has 0 atom stereocenters. The second-order valence-corrected chi connectivity index (χ2v) is 31.2. The molecule has 1 nitrogen and oxygen atoms in total. The maximum absolute atomic E-state index is 7.92. The molecule has 0 amide bonds. The van der Waals surface area contributed by atoms with Crippen molar-refractivity contribution < 1.29 is 4.74 Å². The third kappa shape index (κ3) is 9.70. The zero-order valence-electron chi connectivity index (χ0n) is 42.6. The zero-order chi connectivity index (χ0) is 51.7. The first-order valence-electron chi connectivity index (χ1n) is 26.3. The minimum absolute atomic E-state index is 0.854. The van der Waals surface area contributed by atoms with E-state index in [-0.39, 0.29) is 0 Å². The Balaban J connectivity index is 1.16. The van der Waals surface area contributed by atoms with Crippen LogP contribution in [-0.2, 0) is 0 Å². The smallest absolute Gasteiger partial charge is 0.179 e. The molecule has 368 valence electrons. The third-order valence-electron chi connectivity index (χ3n) is 14.8. The summed E-state index contributed by atoms with van der Waals surface area (Å²) in [4.78, 5) is 0. The molecule has 0 saturated carbocycles. The summed E-state index contributed by atoms with van der Waals surface area (Å²) >= 11 is 0. The fourth-order valence-electron chi connectivity index (χ4n) is 11.4. The molecule has 0 bridgehead atoms. The van der Waals surface area contributed by atoms with Crippen LogP contribution >= 0.6 is 15.8 Å². The lowest BCUT2D eigenvalue weighted by molar-refractivity contribution is 0.491. The van der Waals surface area contributed by atoms with Crippen LogP contribution in [0.5, 0.6) is 11.5 Å². The van der Waals surface area contributed by atoms with E-state index in [4.69, 9.17) is 4.74 Å². The summed E-state index contributed by atoms with van der Waals surface area (Å²) in [5.74, 6) is 1.71. The topological polar surface area (TPSA) is 9.23 Å². The Kier molecular flexibility index (Phi) is 14.8. The normalized spacial score (nSPS) is 11.6. The van der Waals surface area contributed by atoms with Gasteiger partial charge in [0.25, 0.3) is 0 Å². The molecule has 0 radical (unpaired) electrons. The quantitative estimate of drug-likeness (QED) is 0.0533. The molecular formula is C72H56OP2Si2. The van der Waals surface area contributed by atoms with Gasteiger partial charge in [-0.3, -0.25) is 0 Å². The second kappa shape index (κ2) is 22.9. The molecule has 77 heavy (non-hydrogen) atoms. The minimum Gasteiger partial charge on any atom is -0.456 e. The van der Waals surface area contributed by atoms with E-state index in [0.717, 1.165) is 11.5 Å². The van der Waals surface area contributed by atoms with Crippen LogP contribution in [0.2, 0.25) is 0 Å². The Labute approximate surface area is 458 Å². The van der Waals surface area contributed by atoms with Gasteiger partial charge in [0, 0.05) is 10.6 Å². The summed E-state index contributed by atoms with van der Waals surface area (Å²) in [6.45, 7) is 0. The monoisotopic (exact) mass is 1050 g/mol. The van der Waals surface area contributed by atoms with E-state index >= 15 is 0 Å². The van der Waals surface area contributed by atoms with Crippen LogP contribution in [-0.4, -0.2) is 16.1 Å². The van der Waals surface area contributed by atoms with Crippen LogP contribution in [0.4, 0.5) is 0 Å². The van der Waals surface area contributed by atoms with Crippen molar-refractivity contribution in [3.63, 3.8) is 0 Å². The van der Waals surface area contributed by atoms with Gasteiger partial charge in [-0.25, -0.2) is 0 Å². The van der Waals surface area contributed by atoms with Gasteiger partial charge in [0.1, 0.15) is 11.5 Å². The van der Waals surface area contributed by atoms with Crippen molar-refractivity contribution in [1.29, 1.82) is 0 Å². The Morgan fingerprint density at radius 2 is 0.390 bits per heavy atom. The van der Waals surface area contributed by atoms with Gasteiger partial charge in [-0.15, -0.1) is 0 Å². The molecule has 0 aliphatic rings. The molecule has 5 heteroatoms. The van der Waals surface area contributed by atoms with Crippen LogP contribution < -0.4 is 78.1 Å². The second-order valence-electron chi connectivity index (χ2n) is 19.2. The predicted octanol–water partition coefficient (Wildman–Crippen LogP) is 9.75. The number of hydrogen-bond donors (Lipinski definition) is 0. The lowest BCUT2D eigenvalue weighted by Gasteiger charge is -2.36. The van der Waals surface area contributed by atoms with Crippen molar-refractivity contribution in [2.24, 2.45) is 0 Å². The van der Waals surface area contributed by atoms with Crippen molar-refractivity contribution >= 4 is 105 Å². The fourth-order valence-corrected chi connectivity index (χ4v) is 26.0.